The summed E-state index contributed by atoms with van der Waals surface area (Å²) in [5, 5.41) is 7.23. The van der Waals surface area contributed by atoms with E-state index in [1.54, 1.807) is 0 Å². The Balaban J connectivity index is 0. The van der Waals surface area contributed by atoms with E-state index in [9.17, 15) is 4.79 Å². The molecule has 0 aliphatic rings. The largest absolute Gasteiger partial charge is 0.282 e. The van der Waals surface area contributed by atoms with Gasteiger partial charge in [0.05, 0.1) is 7.11 Å². The molecule has 0 aromatic heterocycles. The van der Waals surface area contributed by atoms with Gasteiger partial charge < -0.3 is 0 Å². The Morgan fingerprint density at radius 1 is 1.38 bits per heavy atom. The van der Waals surface area contributed by atoms with Crippen LogP contribution in [-0.2, 0) is 9.68 Å². The molecule has 0 bridgehead atoms. The summed E-state index contributed by atoms with van der Waals surface area (Å²) in [6.45, 7) is 10.2. The molecule has 0 aliphatic heterocycles. The van der Waals surface area contributed by atoms with Crippen LogP contribution in [0.25, 0.3) is 0 Å². The molecule has 7 heteroatoms. The van der Waals surface area contributed by atoms with E-state index in [0.29, 0.717) is 0 Å². The minimum atomic E-state index is -0.389. The standard InChI is InChI=1S/C13H24NOPS2.CH4O2/c1-5-9-12(6-2)13(15)18-11-10-16(17)14(7-3)8-4;1-3-2/h5-6,9,17H,7-8,10-11H2,1-4H3;2H,1H3/b9-5-,12-6+;. The van der Waals surface area contributed by atoms with Crippen LogP contribution in [0.15, 0.2) is 23.8 Å². The Labute approximate surface area is 139 Å². The lowest BCUT2D eigenvalue weighted by Gasteiger charge is -2.24. The van der Waals surface area contributed by atoms with Crippen molar-refractivity contribution in [1.82, 2.24) is 4.67 Å². The van der Waals surface area contributed by atoms with E-state index in [-0.39, 0.29) is 12.4 Å². The maximum Gasteiger partial charge on any atom is 0.219 e. The Hall–Kier alpha value is 0.160. The van der Waals surface area contributed by atoms with E-state index in [1.165, 1.54) is 18.9 Å². The molecule has 0 heterocycles. The zero-order valence-corrected chi connectivity index (χ0v) is 16.2. The normalized spacial score (nSPS) is 13.2. The summed E-state index contributed by atoms with van der Waals surface area (Å²) in [5.41, 5.74) is 0.786. The highest BCUT2D eigenvalue weighted by Gasteiger charge is 2.12. The molecule has 0 saturated heterocycles. The van der Waals surface area contributed by atoms with Crippen molar-refractivity contribution in [2.75, 3.05) is 32.1 Å². The molecule has 0 amide bonds. The van der Waals surface area contributed by atoms with Gasteiger partial charge in [0.2, 0.25) is 5.12 Å². The van der Waals surface area contributed by atoms with Crippen molar-refractivity contribution >= 4 is 36.4 Å². The van der Waals surface area contributed by atoms with E-state index in [0.717, 1.165) is 30.6 Å². The summed E-state index contributed by atoms with van der Waals surface area (Å²) in [4.78, 5) is 15.1. The van der Waals surface area contributed by atoms with Gasteiger partial charge in [-0.05, 0) is 33.1 Å². The molecule has 1 N–H and O–H groups in total. The zero-order valence-electron chi connectivity index (χ0n) is 13.6. The number of allylic oxidation sites excluding steroid dienone is 3. The Kier molecular flexibility index (Phi) is 18.4. The van der Waals surface area contributed by atoms with Crippen molar-refractivity contribution in [3.63, 3.8) is 0 Å². The summed E-state index contributed by atoms with van der Waals surface area (Å²) in [6.07, 6.45) is 6.62. The molecule has 0 radical (unpaired) electrons. The first kappa shape index (κ1) is 23.4. The van der Waals surface area contributed by atoms with Crippen LogP contribution in [0.2, 0.25) is 0 Å². The first-order valence-corrected chi connectivity index (χ1v) is 10.5. The molecule has 0 rings (SSSR count). The Bertz CT molecular complexity index is 321. The third kappa shape index (κ3) is 12.4. The summed E-state index contributed by atoms with van der Waals surface area (Å²) >= 11 is 6.04. The second kappa shape index (κ2) is 16.5. The van der Waals surface area contributed by atoms with Crippen molar-refractivity contribution in [2.45, 2.75) is 27.7 Å². The summed E-state index contributed by atoms with van der Waals surface area (Å²) < 4.78 is 2.35. The molecule has 4 nitrogen and oxygen atoms in total. The van der Waals surface area contributed by atoms with Crippen molar-refractivity contribution in [3.05, 3.63) is 23.8 Å². The fourth-order valence-corrected chi connectivity index (χ4v) is 5.44. The summed E-state index contributed by atoms with van der Waals surface area (Å²) in [5.74, 6) is 0.847. The van der Waals surface area contributed by atoms with Crippen LogP contribution in [0.4, 0.5) is 0 Å². The third-order valence-electron chi connectivity index (χ3n) is 2.47. The van der Waals surface area contributed by atoms with Crippen LogP contribution in [-0.4, -0.2) is 47.2 Å². The molecular weight excluding hydrogens is 325 g/mol. The lowest BCUT2D eigenvalue weighted by Crippen LogP contribution is -2.16. The Morgan fingerprint density at radius 2 is 1.90 bits per heavy atom. The number of carbonyl (C=O) groups is 1. The molecule has 0 fully saturated rings. The number of rotatable bonds is 8. The molecule has 0 spiro atoms. The second-order valence-corrected chi connectivity index (χ2v) is 8.01. The molecule has 124 valence electrons. The van der Waals surface area contributed by atoms with Gasteiger partial charge in [0.25, 0.3) is 0 Å². The monoisotopic (exact) mass is 353 g/mol. The average Bonchev–Trinajstić information content (AvgIpc) is 2.46. The van der Waals surface area contributed by atoms with Crippen LogP contribution in [0, 0.1) is 0 Å². The molecule has 21 heavy (non-hydrogen) atoms. The van der Waals surface area contributed by atoms with Gasteiger partial charge in [-0.15, -0.1) is 12.2 Å². The van der Waals surface area contributed by atoms with E-state index >= 15 is 0 Å². The lowest BCUT2D eigenvalue weighted by molar-refractivity contribution is -0.214. The predicted molar refractivity (Wildman–Crippen MR) is 99.4 cm³/mol. The van der Waals surface area contributed by atoms with Gasteiger partial charge in [-0.25, -0.2) is 4.89 Å². The molecule has 0 aliphatic carbocycles. The molecule has 0 aromatic carbocycles. The fourth-order valence-electron chi connectivity index (χ4n) is 1.46. The van der Waals surface area contributed by atoms with E-state index in [4.69, 9.17) is 5.26 Å². The SMILES string of the molecule is C/C=C\C(=C/C)C(=O)SCCP(S)N(CC)CC.COO. The smallest absolute Gasteiger partial charge is 0.219 e. The van der Waals surface area contributed by atoms with Gasteiger partial charge in [-0.1, -0.05) is 43.8 Å². The predicted octanol–water partition coefficient (Wildman–Crippen LogP) is 4.46. The van der Waals surface area contributed by atoms with E-state index < -0.39 is 0 Å². The quantitative estimate of drug-likeness (QED) is 0.168. The highest BCUT2D eigenvalue weighted by Crippen LogP contribution is 2.44. The molecular formula is C14H28NO3PS2. The minimum absolute atomic E-state index is 0.159. The average molecular weight is 353 g/mol. The van der Waals surface area contributed by atoms with Crippen molar-refractivity contribution in [1.29, 1.82) is 0 Å². The first-order chi connectivity index (χ1) is 10.0. The minimum Gasteiger partial charge on any atom is -0.282 e. The van der Waals surface area contributed by atoms with Crippen LogP contribution < -0.4 is 0 Å². The number of thioether (sulfide) groups is 1. The number of nitrogens with zero attached hydrogens (tertiary/aromatic N) is 1. The van der Waals surface area contributed by atoms with Crippen LogP contribution in [0.5, 0.6) is 0 Å². The maximum atomic E-state index is 11.9. The van der Waals surface area contributed by atoms with Crippen molar-refractivity contribution in [3.8, 4) is 0 Å². The van der Waals surface area contributed by atoms with E-state index in [1.807, 2.05) is 32.1 Å². The van der Waals surface area contributed by atoms with Crippen LogP contribution >= 0.6 is 31.3 Å². The van der Waals surface area contributed by atoms with Crippen molar-refractivity contribution < 1.29 is 14.9 Å². The van der Waals surface area contributed by atoms with Gasteiger partial charge in [0.1, 0.15) is 0 Å². The third-order valence-corrected chi connectivity index (χ3v) is 6.88. The first-order valence-electron chi connectivity index (χ1n) is 6.87. The number of carbonyl (C=O) groups excluding carboxylic acids is 1. The zero-order chi connectivity index (χ0) is 16.7. The van der Waals surface area contributed by atoms with Gasteiger partial charge in [-0.2, -0.15) is 0 Å². The summed E-state index contributed by atoms with van der Waals surface area (Å²) in [6, 6.07) is 0. The summed E-state index contributed by atoms with van der Waals surface area (Å²) in [7, 11) is 0.792. The van der Waals surface area contributed by atoms with Crippen LogP contribution in [0.1, 0.15) is 27.7 Å². The molecule has 1 unspecified atom stereocenters. The second-order valence-electron chi connectivity index (χ2n) is 3.80. The van der Waals surface area contributed by atoms with Gasteiger partial charge >= 0.3 is 0 Å². The highest BCUT2D eigenvalue weighted by molar-refractivity contribution is 8.44. The number of thiol groups is 1. The Morgan fingerprint density at radius 3 is 2.29 bits per heavy atom. The van der Waals surface area contributed by atoms with Gasteiger partial charge in [-0.3, -0.25) is 14.7 Å². The van der Waals surface area contributed by atoms with Gasteiger partial charge in [0, 0.05) is 18.6 Å². The molecule has 0 saturated carbocycles. The fraction of sp³-hybridized carbons (Fsp3) is 0.643. The highest BCUT2D eigenvalue weighted by atomic mass is 32.7. The number of hydrogen-bond acceptors (Lipinski definition) is 6. The molecule has 1 atom stereocenters. The topological polar surface area (TPSA) is 49.8 Å². The van der Waals surface area contributed by atoms with Gasteiger partial charge in [0.15, 0.2) is 0 Å². The van der Waals surface area contributed by atoms with E-state index in [2.05, 4.69) is 35.7 Å². The van der Waals surface area contributed by atoms with Crippen LogP contribution in [0.3, 0.4) is 0 Å². The lowest BCUT2D eigenvalue weighted by atomic mass is 10.2. The maximum absolute atomic E-state index is 11.9. The molecule has 0 aromatic rings. The van der Waals surface area contributed by atoms with Crippen molar-refractivity contribution in [2.24, 2.45) is 0 Å². The number of hydrogen-bond donors (Lipinski definition) is 2.